The van der Waals surface area contributed by atoms with Gasteiger partial charge in [0.15, 0.2) is 10.6 Å². The third kappa shape index (κ3) is 2.75. The van der Waals surface area contributed by atoms with Crippen LogP contribution in [0.5, 0.6) is 0 Å². The summed E-state index contributed by atoms with van der Waals surface area (Å²) in [6, 6.07) is 5.35. The van der Waals surface area contributed by atoms with Crippen molar-refractivity contribution in [3.8, 4) is 11.4 Å². The molecule has 2 aromatic rings. The summed E-state index contributed by atoms with van der Waals surface area (Å²) in [7, 11) is 1.64. The van der Waals surface area contributed by atoms with Crippen LogP contribution in [0.4, 0.5) is 0 Å². The summed E-state index contributed by atoms with van der Waals surface area (Å²) in [5.41, 5.74) is 0.854. The van der Waals surface area contributed by atoms with Gasteiger partial charge in [0.2, 0.25) is 0 Å². The fraction of sp³-hybridized carbons (Fsp3) is 0.273. The number of H-pyrrole nitrogens is 1. The molecule has 2 rings (SSSR count). The predicted molar refractivity (Wildman–Crippen MR) is 74.7 cm³/mol. The topological polar surface area (TPSA) is 42.8 Å². The zero-order valence-electron chi connectivity index (χ0n) is 9.61. The van der Waals surface area contributed by atoms with Crippen molar-refractivity contribution in [2.75, 3.05) is 13.7 Å². The first-order valence-corrected chi connectivity index (χ1v) is 6.39. The smallest absolute Gasteiger partial charge is 0.195 e. The SMILES string of the molecule is COCCn1c(-c2ccc(Cl)c(Cl)c2)n[nH]c1=S. The van der Waals surface area contributed by atoms with Gasteiger partial charge >= 0.3 is 0 Å². The second kappa shape index (κ2) is 5.84. The lowest BCUT2D eigenvalue weighted by molar-refractivity contribution is 0.187. The van der Waals surface area contributed by atoms with E-state index >= 15 is 0 Å². The quantitative estimate of drug-likeness (QED) is 0.878. The minimum Gasteiger partial charge on any atom is -0.383 e. The Kier molecular flexibility index (Phi) is 4.40. The number of hydrogen-bond acceptors (Lipinski definition) is 3. The molecule has 0 spiro atoms. The predicted octanol–water partition coefficient (Wildman–Crippen LogP) is 3.56. The third-order valence-corrected chi connectivity index (χ3v) is 3.51. The molecule has 0 unspecified atom stereocenters. The maximum Gasteiger partial charge on any atom is 0.195 e. The van der Waals surface area contributed by atoms with Crippen LogP contribution < -0.4 is 0 Å². The van der Waals surface area contributed by atoms with Gasteiger partial charge in [0, 0.05) is 12.7 Å². The molecule has 4 nitrogen and oxygen atoms in total. The van der Waals surface area contributed by atoms with Crippen molar-refractivity contribution in [3.63, 3.8) is 0 Å². The van der Waals surface area contributed by atoms with E-state index in [4.69, 9.17) is 40.2 Å². The summed E-state index contributed by atoms with van der Waals surface area (Å²) < 4.78 is 7.46. The van der Waals surface area contributed by atoms with Crippen LogP contribution in [0.1, 0.15) is 0 Å². The summed E-state index contributed by atoms with van der Waals surface area (Å²) in [6.45, 7) is 1.18. The molecule has 1 N–H and O–H groups in total. The van der Waals surface area contributed by atoms with Gasteiger partial charge in [0.1, 0.15) is 0 Å². The maximum absolute atomic E-state index is 6.00. The molecule has 96 valence electrons. The molecule has 0 bridgehead atoms. The zero-order valence-corrected chi connectivity index (χ0v) is 11.9. The summed E-state index contributed by atoms with van der Waals surface area (Å²) in [4.78, 5) is 0. The van der Waals surface area contributed by atoms with Gasteiger partial charge < -0.3 is 4.74 Å². The summed E-state index contributed by atoms with van der Waals surface area (Å²) in [6.07, 6.45) is 0. The van der Waals surface area contributed by atoms with Gasteiger partial charge in [0.25, 0.3) is 0 Å². The van der Waals surface area contributed by atoms with Crippen LogP contribution in [0.2, 0.25) is 10.0 Å². The molecule has 7 heteroatoms. The average Bonchev–Trinajstić information content (AvgIpc) is 2.72. The van der Waals surface area contributed by atoms with Gasteiger partial charge in [-0.05, 0) is 30.4 Å². The number of ether oxygens (including phenoxy) is 1. The Morgan fingerprint density at radius 3 is 2.83 bits per heavy atom. The molecule has 0 saturated carbocycles. The zero-order chi connectivity index (χ0) is 13.1. The lowest BCUT2D eigenvalue weighted by atomic mass is 10.2. The standard InChI is InChI=1S/C11H11Cl2N3OS/c1-17-5-4-16-10(14-15-11(16)18)7-2-3-8(12)9(13)6-7/h2-3,6H,4-5H2,1H3,(H,15,18). The lowest BCUT2D eigenvalue weighted by Gasteiger charge is -2.06. The van der Waals surface area contributed by atoms with Gasteiger partial charge in [0.05, 0.1) is 23.2 Å². The molecule has 0 saturated heterocycles. The fourth-order valence-corrected chi connectivity index (χ4v) is 2.08. The maximum atomic E-state index is 6.00. The normalized spacial score (nSPS) is 10.8. The molecule has 0 radical (unpaired) electrons. The van der Waals surface area contributed by atoms with Crippen molar-refractivity contribution in [2.24, 2.45) is 0 Å². The van der Waals surface area contributed by atoms with Crippen molar-refractivity contribution in [2.45, 2.75) is 6.54 Å². The van der Waals surface area contributed by atoms with Crippen molar-refractivity contribution in [1.82, 2.24) is 14.8 Å². The Labute approximate surface area is 119 Å². The van der Waals surface area contributed by atoms with Crippen LogP contribution in [0.15, 0.2) is 18.2 Å². The van der Waals surface area contributed by atoms with Crippen molar-refractivity contribution >= 4 is 35.4 Å². The minimum atomic E-state index is 0.487. The highest BCUT2D eigenvalue weighted by Crippen LogP contribution is 2.27. The molecule has 1 aromatic carbocycles. The highest BCUT2D eigenvalue weighted by atomic mass is 35.5. The molecule has 0 aliphatic rings. The van der Waals surface area contributed by atoms with Crippen LogP contribution in [0.3, 0.4) is 0 Å². The number of rotatable bonds is 4. The summed E-state index contributed by atoms with van der Waals surface area (Å²) in [5, 5.41) is 7.96. The molecule has 1 heterocycles. The van der Waals surface area contributed by atoms with Crippen LogP contribution in [0.25, 0.3) is 11.4 Å². The number of nitrogens with one attached hydrogen (secondary N) is 1. The monoisotopic (exact) mass is 303 g/mol. The second-order valence-corrected chi connectivity index (χ2v) is 4.83. The highest BCUT2D eigenvalue weighted by Gasteiger charge is 2.10. The van der Waals surface area contributed by atoms with Crippen LogP contribution in [-0.2, 0) is 11.3 Å². The second-order valence-electron chi connectivity index (χ2n) is 3.63. The Hall–Kier alpha value is -0.880. The van der Waals surface area contributed by atoms with E-state index < -0.39 is 0 Å². The number of benzene rings is 1. The Bertz CT molecular complexity index is 609. The average molecular weight is 304 g/mol. The summed E-state index contributed by atoms with van der Waals surface area (Å²) in [5.74, 6) is 0.718. The molecule has 0 amide bonds. The van der Waals surface area contributed by atoms with Gasteiger partial charge in [-0.3, -0.25) is 9.67 Å². The van der Waals surface area contributed by atoms with E-state index in [1.807, 2.05) is 10.6 Å². The van der Waals surface area contributed by atoms with E-state index in [9.17, 15) is 0 Å². The number of aromatic nitrogens is 3. The van der Waals surface area contributed by atoms with Gasteiger partial charge in [-0.25, -0.2) is 0 Å². The van der Waals surface area contributed by atoms with Gasteiger partial charge in [-0.15, -0.1) is 0 Å². The fourth-order valence-electron chi connectivity index (χ4n) is 1.56. The first kappa shape index (κ1) is 13.5. The number of nitrogens with zero attached hydrogens (tertiary/aromatic N) is 2. The molecule has 18 heavy (non-hydrogen) atoms. The molecule has 0 aliphatic heterocycles. The number of methoxy groups -OCH3 is 1. The van der Waals surface area contributed by atoms with E-state index in [1.54, 1.807) is 19.2 Å². The number of halogens is 2. The van der Waals surface area contributed by atoms with Crippen LogP contribution >= 0.6 is 35.4 Å². The van der Waals surface area contributed by atoms with Crippen LogP contribution in [-0.4, -0.2) is 28.5 Å². The molecule has 0 atom stereocenters. The Morgan fingerprint density at radius 1 is 1.39 bits per heavy atom. The van der Waals surface area contributed by atoms with Crippen molar-refractivity contribution in [3.05, 3.63) is 33.0 Å². The van der Waals surface area contributed by atoms with Crippen molar-refractivity contribution < 1.29 is 4.74 Å². The largest absolute Gasteiger partial charge is 0.383 e. The molecule has 0 fully saturated rings. The van der Waals surface area contributed by atoms with Crippen LogP contribution in [0, 0.1) is 4.77 Å². The number of aromatic amines is 1. The Morgan fingerprint density at radius 2 is 2.17 bits per heavy atom. The first-order chi connectivity index (χ1) is 8.63. The van der Waals surface area contributed by atoms with Crippen molar-refractivity contribution in [1.29, 1.82) is 0 Å². The van der Waals surface area contributed by atoms with E-state index in [0.29, 0.717) is 28.0 Å². The molecular weight excluding hydrogens is 293 g/mol. The molecular formula is C11H11Cl2N3OS. The van der Waals surface area contributed by atoms with E-state index in [1.165, 1.54) is 0 Å². The van der Waals surface area contributed by atoms with E-state index in [-0.39, 0.29) is 0 Å². The highest BCUT2D eigenvalue weighted by molar-refractivity contribution is 7.71. The summed E-state index contributed by atoms with van der Waals surface area (Å²) >= 11 is 17.1. The van der Waals surface area contributed by atoms with E-state index in [0.717, 1.165) is 11.4 Å². The first-order valence-electron chi connectivity index (χ1n) is 5.23. The Balaban J connectivity index is 2.43. The molecule has 1 aromatic heterocycles. The minimum absolute atomic E-state index is 0.487. The lowest BCUT2D eigenvalue weighted by Crippen LogP contribution is -2.06. The van der Waals surface area contributed by atoms with Gasteiger partial charge in [-0.1, -0.05) is 23.2 Å². The molecule has 0 aliphatic carbocycles. The number of hydrogen-bond donors (Lipinski definition) is 1. The third-order valence-electron chi connectivity index (χ3n) is 2.46. The van der Waals surface area contributed by atoms with E-state index in [2.05, 4.69) is 10.2 Å². The van der Waals surface area contributed by atoms with Gasteiger partial charge in [-0.2, -0.15) is 5.10 Å².